The highest BCUT2D eigenvalue weighted by Crippen LogP contribution is 2.29. The molecule has 1 saturated heterocycles. The first-order chi connectivity index (χ1) is 10.8. The van der Waals surface area contributed by atoms with Crippen LogP contribution in [-0.2, 0) is 16.1 Å². The van der Waals surface area contributed by atoms with Crippen molar-refractivity contribution in [2.75, 3.05) is 7.11 Å². The standard InChI is InChI=1S/C18H23NO4/c1-11(2)8-15-17(21)16(12(3)20)18(22)19(15)10-13-6-5-7-14(9-13)23-4/h5-7,9,11,15,20H,8,10H2,1-4H3/b16-12+. The monoisotopic (exact) mass is 317 g/mol. The molecule has 1 aliphatic rings. The highest BCUT2D eigenvalue weighted by atomic mass is 16.5. The number of methoxy groups -OCH3 is 1. The number of allylic oxidation sites excluding steroid dienone is 1. The SMILES string of the molecule is COc1cccc(CN2C(=O)/C(=C(\C)O)C(=O)C2CC(C)C)c1. The zero-order valence-electron chi connectivity index (χ0n) is 14.0. The van der Waals surface area contributed by atoms with E-state index in [9.17, 15) is 14.7 Å². The van der Waals surface area contributed by atoms with Gasteiger partial charge in [0, 0.05) is 6.54 Å². The molecule has 0 radical (unpaired) electrons. The van der Waals surface area contributed by atoms with Gasteiger partial charge in [0.1, 0.15) is 17.1 Å². The zero-order chi connectivity index (χ0) is 17.1. The van der Waals surface area contributed by atoms with Crippen LogP contribution in [0.4, 0.5) is 0 Å². The lowest BCUT2D eigenvalue weighted by Crippen LogP contribution is -2.36. The highest BCUT2D eigenvalue weighted by Gasteiger charge is 2.44. The Balaban J connectivity index is 2.34. The molecule has 1 amide bonds. The van der Waals surface area contributed by atoms with Gasteiger partial charge in [-0.2, -0.15) is 0 Å². The molecule has 2 rings (SSSR count). The first-order valence-electron chi connectivity index (χ1n) is 7.73. The fourth-order valence-electron chi connectivity index (χ4n) is 2.86. The molecule has 0 saturated carbocycles. The van der Waals surface area contributed by atoms with Crippen molar-refractivity contribution in [3.05, 3.63) is 41.2 Å². The number of ketones is 1. The van der Waals surface area contributed by atoms with E-state index < -0.39 is 11.9 Å². The zero-order valence-corrected chi connectivity index (χ0v) is 14.0. The third-order valence-electron chi connectivity index (χ3n) is 3.94. The first-order valence-corrected chi connectivity index (χ1v) is 7.73. The van der Waals surface area contributed by atoms with Crippen molar-refractivity contribution in [2.45, 2.75) is 39.8 Å². The molecule has 1 heterocycles. The second-order valence-corrected chi connectivity index (χ2v) is 6.25. The molecule has 1 N–H and O–H groups in total. The largest absolute Gasteiger partial charge is 0.512 e. The fraction of sp³-hybridized carbons (Fsp3) is 0.444. The minimum atomic E-state index is -0.522. The number of Topliss-reactive ketones (excluding diaryl/α,β-unsaturated/α-hetero) is 1. The lowest BCUT2D eigenvalue weighted by molar-refractivity contribution is -0.128. The van der Waals surface area contributed by atoms with E-state index in [4.69, 9.17) is 4.74 Å². The van der Waals surface area contributed by atoms with Crippen LogP contribution in [0.3, 0.4) is 0 Å². The molecular formula is C18H23NO4. The summed E-state index contributed by atoms with van der Waals surface area (Å²) in [6.07, 6.45) is 0.575. The molecule has 0 aromatic heterocycles. The van der Waals surface area contributed by atoms with E-state index in [2.05, 4.69) is 0 Å². The summed E-state index contributed by atoms with van der Waals surface area (Å²) in [4.78, 5) is 26.6. The molecule has 0 spiro atoms. The summed E-state index contributed by atoms with van der Waals surface area (Å²) in [7, 11) is 1.58. The Morgan fingerprint density at radius 1 is 1.35 bits per heavy atom. The molecule has 0 bridgehead atoms. The van der Waals surface area contributed by atoms with Gasteiger partial charge in [-0.25, -0.2) is 0 Å². The van der Waals surface area contributed by atoms with Crippen molar-refractivity contribution in [2.24, 2.45) is 5.92 Å². The van der Waals surface area contributed by atoms with Gasteiger partial charge in [0.25, 0.3) is 5.91 Å². The van der Waals surface area contributed by atoms with E-state index in [1.54, 1.807) is 12.0 Å². The minimum Gasteiger partial charge on any atom is -0.512 e. The van der Waals surface area contributed by atoms with E-state index in [1.807, 2.05) is 38.1 Å². The van der Waals surface area contributed by atoms with Crippen LogP contribution in [0.5, 0.6) is 5.75 Å². The van der Waals surface area contributed by atoms with Crippen molar-refractivity contribution in [1.29, 1.82) is 0 Å². The topological polar surface area (TPSA) is 66.8 Å². The number of aliphatic hydroxyl groups is 1. The van der Waals surface area contributed by atoms with E-state index in [0.717, 1.165) is 5.56 Å². The summed E-state index contributed by atoms with van der Waals surface area (Å²) in [6.45, 7) is 5.71. The summed E-state index contributed by atoms with van der Waals surface area (Å²) < 4.78 is 5.20. The molecule has 1 aromatic rings. The van der Waals surface area contributed by atoms with Gasteiger partial charge in [0.05, 0.1) is 13.2 Å². The summed E-state index contributed by atoms with van der Waals surface area (Å²) in [5.41, 5.74) is 0.801. The Morgan fingerprint density at radius 3 is 2.61 bits per heavy atom. The van der Waals surface area contributed by atoms with Crippen molar-refractivity contribution >= 4 is 11.7 Å². The number of hydrogen-bond acceptors (Lipinski definition) is 4. The fourth-order valence-corrected chi connectivity index (χ4v) is 2.86. The number of aliphatic hydroxyl groups excluding tert-OH is 1. The van der Waals surface area contributed by atoms with Crippen molar-refractivity contribution in [1.82, 2.24) is 4.90 Å². The van der Waals surface area contributed by atoms with E-state index in [-0.39, 0.29) is 23.0 Å². The van der Waals surface area contributed by atoms with Crippen LogP contribution >= 0.6 is 0 Å². The molecule has 5 heteroatoms. The van der Waals surface area contributed by atoms with Gasteiger partial charge in [-0.3, -0.25) is 9.59 Å². The molecule has 0 aliphatic carbocycles. The number of hydrogen-bond donors (Lipinski definition) is 1. The van der Waals surface area contributed by atoms with Gasteiger partial charge in [-0.1, -0.05) is 26.0 Å². The van der Waals surface area contributed by atoms with E-state index >= 15 is 0 Å². The van der Waals surface area contributed by atoms with Gasteiger partial charge < -0.3 is 14.7 Å². The number of nitrogens with zero attached hydrogens (tertiary/aromatic N) is 1. The van der Waals surface area contributed by atoms with Gasteiger partial charge in [-0.05, 0) is 37.0 Å². The lowest BCUT2D eigenvalue weighted by Gasteiger charge is -2.24. The number of carbonyl (C=O) groups excluding carboxylic acids is 2. The van der Waals surface area contributed by atoms with Crippen molar-refractivity contribution < 1.29 is 19.4 Å². The van der Waals surface area contributed by atoms with Crippen LogP contribution < -0.4 is 4.74 Å². The average Bonchev–Trinajstić information content (AvgIpc) is 2.71. The van der Waals surface area contributed by atoms with Gasteiger partial charge >= 0.3 is 0 Å². The molecule has 23 heavy (non-hydrogen) atoms. The summed E-state index contributed by atoms with van der Waals surface area (Å²) in [6, 6.07) is 6.89. The predicted octanol–water partition coefficient (Wildman–Crippen LogP) is 2.85. The van der Waals surface area contributed by atoms with Crippen LogP contribution in [-0.4, -0.2) is 34.8 Å². The number of ether oxygens (including phenoxy) is 1. The van der Waals surface area contributed by atoms with Gasteiger partial charge in [-0.15, -0.1) is 0 Å². The molecule has 5 nitrogen and oxygen atoms in total. The molecule has 124 valence electrons. The molecule has 1 fully saturated rings. The summed E-state index contributed by atoms with van der Waals surface area (Å²) in [5, 5.41) is 9.70. The Kier molecular flexibility index (Phi) is 5.08. The number of amides is 1. The van der Waals surface area contributed by atoms with Crippen molar-refractivity contribution in [3.8, 4) is 5.75 Å². The predicted molar refractivity (Wildman–Crippen MR) is 87.1 cm³/mol. The molecule has 1 aliphatic heterocycles. The Morgan fingerprint density at radius 2 is 2.04 bits per heavy atom. The number of carbonyl (C=O) groups is 2. The Labute approximate surface area is 136 Å². The normalized spacial score (nSPS) is 20.4. The minimum absolute atomic E-state index is 0.0847. The maximum absolute atomic E-state index is 12.6. The molecule has 1 aromatic carbocycles. The average molecular weight is 317 g/mol. The lowest BCUT2D eigenvalue weighted by atomic mass is 9.99. The molecule has 1 atom stereocenters. The number of benzene rings is 1. The number of likely N-dealkylation sites (tertiary alicyclic amines) is 1. The maximum atomic E-state index is 12.6. The van der Waals surface area contributed by atoms with Crippen molar-refractivity contribution in [3.63, 3.8) is 0 Å². The summed E-state index contributed by atoms with van der Waals surface area (Å²) >= 11 is 0. The van der Waals surface area contributed by atoms with Gasteiger partial charge in [0.2, 0.25) is 0 Å². The molecule has 1 unspecified atom stereocenters. The Hall–Kier alpha value is -2.30. The first kappa shape index (κ1) is 17.1. The van der Waals surface area contributed by atoms with Crippen LogP contribution in [0.25, 0.3) is 0 Å². The van der Waals surface area contributed by atoms with Crippen LogP contribution in [0.2, 0.25) is 0 Å². The highest BCUT2D eigenvalue weighted by molar-refractivity contribution is 6.26. The van der Waals surface area contributed by atoms with Crippen LogP contribution in [0.15, 0.2) is 35.6 Å². The van der Waals surface area contributed by atoms with Gasteiger partial charge in [0.15, 0.2) is 5.78 Å². The Bertz CT molecular complexity index is 644. The van der Waals surface area contributed by atoms with E-state index in [0.29, 0.717) is 18.7 Å². The quantitative estimate of drug-likeness (QED) is 0.515. The van der Waals surface area contributed by atoms with E-state index in [1.165, 1.54) is 6.92 Å². The smallest absolute Gasteiger partial charge is 0.261 e. The van der Waals surface area contributed by atoms with Crippen LogP contribution in [0, 0.1) is 5.92 Å². The third-order valence-corrected chi connectivity index (χ3v) is 3.94. The number of rotatable bonds is 5. The second kappa shape index (κ2) is 6.86. The third kappa shape index (κ3) is 3.55. The molecular weight excluding hydrogens is 294 g/mol. The van der Waals surface area contributed by atoms with Crippen LogP contribution in [0.1, 0.15) is 32.8 Å². The second-order valence-electron chi connectivity index (χ2n) is 6.25. The maximum Gasteiger partial charge on any atom is 0.261 e. The summed E-state index contributed by atoms with van der Waals surface area (Å²) in [5.74, 6) is 0.0786.